The van der Waals surface area contributed by atoms with Crippen LogP contribution in [0.1, 0.15) is 26.7 Å². The van der Waals surface area contributed by atoms with E-state index < -0.39 is 0 Å². The van der Waals surface area contributed by atoms with Crippen molar-refractivity contribution in [3.63, 3.8) is 0 Å². The van der Waals surface area contributed by atoms with Crippen molar-refractivity contribution < 1.29 is 0 Å². The molecule has 0 saturated carbocycles. The van der Waals surface area contributed by atoms with Gasteiger partial charge in [0.05, 0.1) is 0 Å². The predicted molar refractivity (Wildman–Crippen MR) is 50.9 cm³/mol. The number of hydrogen-bond donors (Lipinski definition) is 1. The first-order valence-electron chi connectivity index (χ1n) is 4.58. The van der Waals surface area contributed by atoms with Gasteiger partial charge in [-0.25, -0.2) is 0 Å². The summed E-state index contributed by atoms with van der Waals surface area (Å²) in [5, 5.41) is 2.75. The molecule has 0 bridgehead atoms. The summed E-state index contributed by atoms with van der Waals surface area (Å²) in [6.45, 7) is 7.12. The molecule has 1 saturated heterocycles. The van der Waals surface area contributed by atoms with Crippen molar-refractivity contribution in [2.75, 3.05) is 27.2 Å². The van der Waals surface area contributed by atoms with E-state index in [2.05, 4.69) is 24.1 Å². The summed E-state index contributed by atoms with van der Waals surface area (Å²) in [6, 6.07) is 0.861. The third-order valence-corrected chi connectivity index (χ3v) is 2.10. The van der Waals surface area contributed by atoms with Gasteiger partial charge < -0.3 is 10.2 Å². The van der Waals surface area contributed by atoms with Crippen LogP contribution in [0.5, 0.6) is 0 Å². The van der Waals surface area contributed by atoms with E-state index in [1.165, 1.54) is 25.9 Å². The molecule has 11 heavy (non-hydrogen) atoms. The van der Waals surface area contributed by atoms with E-state index in [1.54, 1.807) is 0 Å². The molecule has 1 atom stereocenters. The third kappa shape index (κ3) is 4.38. The van der Waals surface area contributed by atoms with E-state index in [9.17, 15) is 0 Å². The Kier molecular flexibility index (Phi) is 6.57. The second kappa shape index (κ2) is 6.62. The predicted octanol–water partition coefficient (Wildman–Crippen LogP) is 1.33. The molecule has 0 amide bonds. The Morgan fingerprint density at radius 3 is 2.18 bits per heavy atom. The van der Waals surface area contributed by atoms with Crippen LogP contribution in [0.15, 0.2) is 0 Å². The van der Waals surface area contributed by atoms with Crippen molar-refractivity contribution in [3.8, 4) is 0 Å². The van der Waals surface area contributed by atoms with Gasteiger partial charge in [0.1, 0.15) is 0 Å². The first-order valence-corrected chi connectivity index (χ1v) is 4.58. The Balaban J connectivity index is 0.000000292. The fourth-order valence-corrected chi connectivity index (χ4v) is 1.46. The largest absolute Gasteiger partial charge is 0.323 e. The lowest BCUT2D eigenvalue weighted by Crippen LogP contribution is -2.25. The number of nitrogens with zero attached hydrogens (tertiary/aromatic N) is 1. The lowest BCUT2D eigenvalue weighted by Gasteiger charge is -2.17. The number of rotatable bonds is 1. The smallest absolute Gasteiger partial charge is 0.00672 e. The highest BCUT2D eigenvalue weighted by Gasteiger charge is 2.16. The van der Waals surface area contributed by atoms with Crippen LogP contribution in [0.3, 0.4) is 0 Å². The van der Waals surface area contributed by atoms with Crippen LogP contribution < -0.4 is 5.32 Å². The van der Waals surface area contributed by atoms with Crippen LogP contribution in [0.25, 0.3) is 0 Å². The van der Waals surface area contributed by atoms with Gasteiger partial charge in [-0.2, -0.15) is 0 Å². The molecule has 1 aliphatic rings. The minimum atomic E-state index is 0.861. The van der Waals surface area contributed by atoms with Gasteiger partial charge in [0.25, 0.3) is 0 Å². The van der Waals surface area contributed by atoms with Crippen molar-refractivity contribution in [1.82, 2.24) is 10.2 Å². The molecule has 1 rings (SSSR count). The lowest BCUT2D eigenvalue weighted by atomic mass is 10.2. The Hall–Kier alpha value is -0.0800. The van der Waals surface area contributed by atoms with Crippen molar-refractivity contribution in [2.24, 2.45) is 0 Å². The molecular formula is C9H22N2. The molecule has 2 nitrogen and oxygen atoms in total. The topological polar surface area (TPSA) is 15.3 Å². The molecule has 0 aliphatic carbocycles. The van der Waals surface area contributed by atoms with Gasteiger partial charge in [0.2, 0.25) is 0 Å². The quantitative estimate of drug-likeness (QED) is 0.619. The maximum Gasteiger partial charge on any atom is 0.00672 e. The molecule has 68 valence electrons. The number of likely N-dealkylation sites (tertiary alicyclic amines) is 1. The zero-order chi connectivity index (χ0) is 8.69. The minimum absolute atomic E-state index is 0.861. The van der Waals surface area contributed by atoms with Crippen LogP contribution in [0.4, 0.5) is 0 Å². The maximum absolute atomic E-state index is 2.75. The van der Waals surface area contributed by atoms with Gasteiger partial charge in [-0.15, -0.1) is 0 Å². The monoisotopic (exact) mass is 158 g/mol. The highest BCUT2D eigenvalue weighted by molar-refractivity contribution is 4.72. The fraction of sp³-hybridized carbons (Fsp3) is 1.00. The van der Waals surface area contributed by atoms with E-state index in [0.717, 1.165) is 6.04 Å². The van der Waals surface area contributed by atoms with Crippen molar-refractivity contribution in [2.45, 2.75) is 32.7 Å². The Morgan fingerprint density at radius 1 is 1.45 bits per heavy atom. The summed E-state index contributed by atoms with van der Waals surface area (Å²) >= 11 is 0. The van der Waals surface area contributed by atoms with Gasteiger partial charge in [0, 0.05) is 6.04 Å². The van der Waals surface area contributed by atoms with E-state index >= 15 is 0 Å². The lowest BCUT2D eigenvalue weighted by molar-refractivity contribution is 0.284. The molecule has 0 aromatic carbocycles. The van der Waals surface area contributed by atoms with Crippen molar-refractivity contribution in [1.29, 1.82) is 0 Å². The van der Waals surface area contributed by atoms with E-state index in [0.29, 0.717) is 0 Å². The SMILES string of the molecule is CCN1CCCC1C.CNC. The Labute approximate surface area is 71.0 Å². The van der Waals surface area contributed by atoms with Crippen LogP contribution in [-0.4, -0.2) is 38.1 Å². The molecule has 1 N–H and O–H groups in total. The first-order chi connectivity index (χ1) is 5.26. The van der Waals surface area contributed by atoms with Gasteiger partial charge in [-0.05, 0) is 47.0 Å². The van der Waals surface area contributed by atoms with Crippen LogP contribution in [0, 0.1) is 0 Å². The third-order valence-electron chi connectivity index (χ3n) is 2.10. The second-order valence-electron chi connectivity index (χ2n) is 3.12. The normalized spacial score (nSPS) is 24.5. The number of nitrogens with one attached hydrogen (secondary N) is 1. The molecular weight excluding hydrogens is 136 g/mol. The summed E-state index contributed by atoms with van der Waals surface area (Å²) in [6.07, 6.45) is 2.82. The van der Waals surface area contributed by atoms with Crippen molar-refractivity contribution in [3.05, 3.63) is 0 Å². The van der Waals surface area contributed by atoms with Crippen LogP contribution in [-0.2, 0) is 0 Å². The summed E-state index contributed by atoms with van der Waals surface area (Å²) in [5.41, 5.74) is 0. The van der Waals surface area contributed by atoms with E-state index in [4.69, 9.17) is 0 Å². The molecule has 2 heteroatoms. The molecule has 0 aromatic heterocycles. The average molecular weight is 158 g/mol. The maximum atomic E-state index is 2.75. The molecule has 1 unspecified atom stereocenters. The van der Waals surface area contributed by atoms with Gasteiger partial charge in [0.15, 0.2) is 0 Å². The summed E-state index contributed by atoms with van der Waals surface area (Å²) in [5.74, 6) is 0. The highest BCUT2D eigenvalue weighted by atomic mass is 15.2. The summed E-state index contributed by atoms with van der Waals surface area (Å²) < 4.78 is 0. The zero-order valence-corrected chi connectivity index (χ0v) is 8.35. The average Bonchev–Trinajstić information content (AvgIpc) is 2.36. The fourth-order valence-electron chi connectivity index (χ4n) is 1.46. The summed E-state index contributed by atoms with van der Waals surface area (Å²) in [7, 11) is 3.75. The summed E-state index contributed by atoms with van der Waals surface area (Å²) in [4.78, 5) is 2.53. The van der Waals surface area contributed by atoms with Crippen LogP contribution >= 0.6 is 0 Å². The molecule has 0 spiro atoms. The van der Waals surface area contributed by atoms with Gasteiger partial charge in [-0.3, -0.25) is 0 Å². The standard InChI is InChI=1S/C7H15N.C2H7N/c1-3-8-6-4-5-7(8)2;1-3-2/h7H,3-6H2,1-2H3;3H,1-2H3. The molecule has 1 fully saturated rings. The number of hydrogen-bond acceptors (Lipinski definition) is 2. The first kappa shape index (κ1) is 10.9. The van der Waals surface area contributed by atoms with Gasteiger partial charge in [-0.1, -0.05) is 6.92 Å². The van der Waals surface area contributed by atoms with E-state index in [-0.39, 0.29) is 0 Å². The van der Waals surface area contributed by atoms with E-state index in [1.807, 2.05) is 14.1 Å². The molecule has 1 heterocycles. The molecule has 0 aromatic rings. The Bertz CT molecular complexity index is 83.6. The van der Waals surface area contributed by atoms with Gasteiger partial charge >= 0.3 is 0 Å². The highest BCUT2D eigenvalue weighted by Crippen LogP contribution is 2.14. The van der Waals surface area contributed by atoms with Crippen molar-refractivity contribution >= 4 is 0 Å². The van der Waals surface area contributed by atoms with Crippen LogP contribution in [0.2, 0.25) is 0 Å². The zero-order valence-electron chi connectivity index (χ0n) is 8.35. The molecule has 0 radical (unpaired) electrons. The molecule has 1 aliphatic heterocycles. The Morgan fingerprint density at radius 2 is 2.00 bits per heavy atom. The minimum Gasteiger partial charge on any atom is -0.323 e. The second-order valence-corrected chi connectivity index (χ2v) is 3.12.